The molecule has 0 aromatic heterocycles. The number of ether oxygens (including phenoxy) is 1. The smallest absolute Gasteiger partial charge is 0.330 e. The Hall–Kier alpha value is -1.27. The maximum absolute atomic E-state index is 10.5. The van der Waals surface area contributed by atoms with Gasteiger partial charge in [0.25, 0.3) is 0 Å². The van der Waals surface area contributed by atoms with Crippen molar-refractivity contribution in [3.05, 3.63) is 29.5 Å². The third-order valence-electron chi connectivity index (χ3n) is 0.902. The van der Waals surface area contributed by atoms with Gasteiger partial charge in [0.15, 0.2) is 0 Å². The fraction of sp³-hybridized carbons (Fsp3) is 0.333. The van der Waals surface area contributed by atoms with Crippen LogP contribution in [0.15, 0.2) is 29.5 Å². The Morgan fingerprint density at radius 1 is 1.45 bits per heavy atom. The average molecular weight is 152 g/mol. The lowest BCUT2D eigenvalue weighted by Crippen LogP contribution is -1.92. The van der Waals surface area contributed by atoms with Crippen LogP contribution in [0.2, 0.25) is 0 Å². The van der Waals surface area contributed by atoms with Crippen molar-refractivity contribution in [3.63, 3.8) is 0 Å². The first-order valence-electron chi connectivity index (χ1n) is 3.31. The molecule has 11 heavy (non-hydrogen) atoms. The van der Waals surface area contributed by atoms with Crippen LogP contribution in [0, 0.1) is 0 Å². The Bertz CT molecular complexity index is 214. The minimum absolute atomic E-state index is 0.350. The first-order chi connectivity index (χ1) is 5.16. The summed E-state index contributed by atoms with van der Waals surface area (Å²) in [7, 11) is 1.34. The van der Waals surface area contributed by atoms with Crippen LogP contribution in [0.4, 0.5) is 0 Å². The normalized spacial score (nSPS) is 9.00. The molecule has 0 aromatic carbocycles. The molecule has 0 aliphatic heterocycles. The lowest BCUT2D eigenvalue weighted by atomic mass is 10.3. The van der Waals surface area contributed by atoms with Crippen molar-refractivity contribution in [2.45, 2.75) is 13.8 Å². The van der Waals surface area contributed by atoms with Gasteiger partial charge in [0, 0.05) is 6.08 Å². The molecule has 0 heterocycles. The van der Waals surface area contributed by atoms with Gasteiger partial charge in [0.2, 0.25) is 0 Å². The molecule has 0 aromatic rings. The molecule has 0 rings (SSSR count). The topological polar surface area (TPSA) is 26.3 Å². The van der Waals surface area contributed by atoms with E-state index in [4.69, 9.17) is 0 Å². The van der Waals surface area contributed by atoms with Gasteiger partial charge in [-0.25, -0.2) is 4.79 Å². The number of esters is 1. The monoisotopic (exact) mass is 152 g/mol. The molecule has 0 aliphatic carbocycles. The number of carbonyl (C=O) groups is 1. The van der Waals surface area contributed by atoms with Gasteiger partial charge in [-0.05, 0) is 31.6 Å². The molecule has 0 aliphatic rings. The Balaban J connectivity index is 3.97. The van der Waals surface area contributed by atoms with Crippen molar-refractivity contribution in [1.29, 1.82) is 0 Å². The molecule has 0 bridgehead atoms. The van der Waals surface area contributed by atoms with Crippen LogP contribution in [-0.2, 0) is 9.53 Å². The van der Waals surface area contributed by atoms with E-state index in [-0.39, 0.29) is 5.97 Å². The van der Waals surface area contributed by atoms with Gasteiger partial charge in [-0.15, -0.1) is 5.73 Å². The molecule has 0 saturated heterocycles. The molecule has 0 saturated carbocycles. The van der Waals surface area contributed by atoms with E-state index in [0.29, 0.717) is 0 Å². The standard InChI is InChI=1S/C9H12O2/c1-8(2)6-4-5-7-9(10)11-3/h4-5,7H,1-3H3/b7-5+. The highest BCUT2D eigenvalue weighted by Crippen LogP contribution is 1.84. The predicted octanol–water partition coefficient (Wildman–Crippen LogP) is 1.84. The maximum atomic E-state index is 10.5. The molecule has 0 atom stereocenters. The van der Waals surface area contributed by atoms with E-state index in [0.717, 1.165) is 5.57 Å². The van der Waals surface area contributed by atoms with Gasteiger partial charge in [0.05, 0.1) is 7.11 Å². The van der Waals surface area contributed by atoms with Crippen LogP contribution < -0.4 is 0 Å². The van der Waals surface area contributed by atoms with E-state index in [1.54, 1.807) is 12.2 Å². The summed E-state index contributed by atoms with van der Waals surface area (Å²) in [6, 6.07) is 0. The minimum Gasteiger partial charge on any atom is -0.466 e. The molecule has 2 heteroatoms. The largest absolute Gasteiger partial charge is 0.466 e. The summed E-state index contributed by atoms with van der Waals surface area (Å²) in [5.74, 6) is -0.350. The highest BCUT2D eigenvalue weighted by molar-refractivity contribution is 5.82. The minimum atomic E-state index is -0.350. The highest BCUT2D eigenvalue weighted by atomic mass is 16.5. The van der Waals surface area contributed by atoms with E-state index in [9.17, 15) is 4.79 Å². The molecule has 2 nitrogen and oxygen atoms in total. The molecule has 0 fully saturated rings. The third-order valence-corrected chi connectivity index (χ3v) is 0.902. The van der Waals surface area contributed by atoms with Crippen LogP contribution in [0.1, 0.15) is 13.8 Å². The summed E-state index contributed by atoms with van der Waals surface area (Å²) in [5.41, 5.74) is 3.99. The van der Waals surface area contributed by atoms with E-state index in [1.807, 2.05) is 13.8 Å². The maximum Gasteiger partial charge on any atom is 0.330 e. The van der Waals surface area contributed by atoms with Crippen LogP contribution in [0.3, 0.4) is 0 Å². The summed E-state index contributed by atoms with van der Waals surface area (Å²) in [5, 5.41) is 0. The third kappa shape index (κ3) is 6.62. The molecule has 0 radical (unpaired) electrons. The quantitative estimate of drug-likeness (QED) is 0.261. The van der Waals surface area contributed by atoms with E-state index < -0.39 is 0 Å². The van der Waals surface area contributed by atoms with E-state index in [2.05, 4.69) is 10.5 Å². The van der Waals surface area contributed by atoms with Crippen LogP contribution in [0.25, 0.3) is 0 Å². The summed E-state index contributed by atoms with van der Waals surface area (Å²) >= 11 is 0. The second-order valence-corrected chi connectivity index (χ2v) is 2.19. The summed E-state index contributed by atoms with van der Waals surface area (Å²) in [6.07, 6.45) is 4.61. The predicted molar refractivity (Wildman–Crippen MR) is 44.1 cm³/mol. The zero-order chi connectivity index (χ0) is 8.69. The zero-order valence-corrected chi connectivity index (χ0v) is 7.05. The zero-order valence-electron chi connectivity index (χ0n) is 7.05. The first-order valence-corrected chi connectivity index (χ1v) is 3.31. The fourth-order valence-electron chi connectivity index (χ4n) is 0.410. The Morgan fingerprint density at radius 3 is 2.55 bits per heavy atom. The second-order valence-electron chi connectivity index (χ2n) is 2.19. The number of rotatable bonds is 2. The molecule has 0 unspecified atom stereocenters. The van der Waals surface area contributed by atoms with Crippen molar-refractivity contribution < 1.29 is 9.53 Å². The fourth-order valence-corrected chi connectivity index (χ4v) is 0.410. The second kappa shape index (κ2) is 5.51. The van der Waals surface area contributed by atoms with Gasteiger partial charge in [-0.3, -0.25) is 0 Å². The Kier molecular flexibility index (Phi) is 4.87. The number of hydrogen-bond donors (Lipinski definition) is 0. The van der Waals surface area contributed by atoms with Gasteiger partial charge in [-0.1, -0.05) is 0 Å². The van der Waals surface area contributed by atoms with Crippen molar-refractivity contribution in [2.75, 3.05) is 7.11 Å². The summed E-state index contributed by atoms with van der Waals surface area (Å²) in [4.78, 5) is 10.5. The van der Waals surface area contributed by atoms with Crippen molar-refractivity contribution in [3.8, 4) is 0 Å². The highest BCUT2D eigenvalue weighted by Gasteiger charge is 1.85. The Labute approximate surface area is 66.9 Å². The van der Waals surface area contributed by atoms with Gasteiger partial charge < -0.3 is 4.74 Å². The SMILES string of the molecule is COC(=O)/C=C/C=C=C(C)C. The van der Waals surface area contributed by atoms with E-state index >= 15 is 0 Å². The van der Waals surface area contributed by atoms with Crippen molar-refractivity contribution in [1.82, 2.24) is 0 Å². The van der Waals surface area contributed by atoms with Crippen LogP contribution in [0.5, 0.6) is 0 Å². The summed E-state index contributed by atoms with van der Waals surface area (Å²) in [6.45, 7) is 3.87. The molecule has 0 N–H and O–H groups in total. The first kappa shape index (κ1) is 9.73. The Morgan fingerprint density at radius 2 is 2.09 bits per heavy atom. The number of allylic oxidation sites excluding steroid dienone is 2. The molecule has 60 valence electrons. The van der Waals surface area contributed by atoms with Crippen LogP contribution >= 0.6 is 0 Å². The van der Waals surface area contributed by atoms with Crippen LogP contribution in [-0.4, -0.2) is 13.1 Å². The van der Waals surface area contributed by atoms with E-state index in [1.165, 1.54) is 13.2 Å². The number of carbonyl (C=O) groups excluding carboxylic acids is 1. The number of methoxy groups -OCH3 is 1. The average Bonchev–Trinajstić information content (AvgIpc) is 1.97. The molecule has 0 amide bonds. The van der Waals surface area contributed by atoms with Gasteiger partial charge in [-0.2, -0.15) is 0 Å². The molecular formula is C9H12O2. The van der Waals surface area contributed by atoms with Crippen molar-refractivity contribution in [2.24, 2.45) is 0 Å². The lowest BCUT2D eigenvalue weighted by molar-refractivity contribution is -0.134. The van der Waals surface area contributed by atoms with Gasteiger partial charge >= 0.3 is 5.97 Å². The summed E-state index contributed by atoms with van der Waals surface area (Å²) < 4.78 is 4.38. The number of hydrogen-bond acceptors (Lipinski definition) is 2. The lowest BCUT2D eigenvalue weighted by Gasteiger charge is -1.85. The molecular weight excluding hydrogens is 140 g/mol. The van der Waals surface area contributed by atoms with Gasteiger partial charge in [0.1, 0.15) is 0 Å². The molecule has 0 spiro atoms. The van der Waals surface area contributed by atoms with Crippen molar-refractivity contribution >= 4 is 5.97 Å².